The third-order valence-electron chi connectivity index (χ3n) is 3.90. The van der Waals surface area contributed by atoms with E-state index in [0.29, 0.717) is 27.3 Å². The van der Waals surface area contributed by atoms with Gasteiger partial charge in [-0.1, -0.05) is 59.6 Å². The normalized spacial score (nSPS) is 13.1. The molecule has 0 saturated heterocycles. The van der Waals surface area contributed by atoms with Crippen molar-refractivity contribution in [1.82, 2.24) is 9.78 Å². The molecule has 2 heterocycles. The third kappa shape index (κ3) is 2.27. The van der Waals surface area contributed by atoms with Crippen LogP contribution in [0.1, 0.15) is 16.1 Å². The van der Waals surface area contributed by atoms with E-state index in [2.05, 4.69) is 10.1 Å². The van der Waals surface area contributed by atoms with Gasteiger partial charge in [-0.25, -0.2) is 4.99 Å². The van der Waals surface area contributed by atoms with Crippen molar-refractivity contribution in [2.75, 3.05) is 0 Å². The minimum atomic E-state index is -0.240. The van der Waals surface area contributed by atoms with Crippen LogP contribution >= 0.6 is 23.2 Å². The molecule has 118 valence electrons. The molecule has 0 bridgehead atoms. The third-order valence-corrected chi connectivity index (χ3v) is 4.44. The highest BCUT2D eigenvalue weighted by molar-refractivity contribution is 6.48. The van der Waals surface area contributed by atoms with Crippen LogP contribution in [0.25, 0.3) is 11.1 Å². The van der Waals surface area contributed by atoms with Crippen molar-refractivity contribution in [3.63, 3.8) is 0 Å². The molecule has 0 unspecified atom stereocenters. The van der Waals surface area contributed by atoms with Crippen molar-refractivity contribution in [1.29, 1.82) is 0 Å². The van der Waals surface area contributed by atoms with Gasteiger partial charge in [-0.3, -0.25) is 4.79 Å². The van der Waals surface area contributed by atoms with Crippen molar-refractivity contribution < 1.29 is 4.79 Å². The molecular weight excluding hydrogens is 345 g/mol. The molecule has 4 nitrogen and oxygen atoms in total. The van der Waals surface area contributed by atoms with Gasteiger partial charge in [-0.2, -0.15) is 9.78 Å². The van der Waals surface area contributed by atoms with Gasteiger partial charge in [0.2, 0.25) is 0 Å². The molecule has 0 radical (unpaired) electrons. The highest BCUT2D eigenvalue weighted by Crippen LogP contribution is 2.40. The lowest BCUT2D eigenvalue weighted by molar-refractivity contribution is 0.0984. The Hall–Kier alpha value is -2.43. The first-order valence-corrected chi connectivity index (χ1v) is 8.05. The molecule has 1 aliphatic heterocycles. The fourth-order valence-electron chi connectivity index (χ4n) is 2.81. The number of halogens is 2. The summed E-state index contributed by atoms with van der Waals surface area (Å²) in [7, 11) is 0. The second-order valence-corrected chi connectivity index (χ2v) is 6.30. The molecule has 0 N–H and O–H groups in total. The van der Waals surface area contributed by atoms with Crippen LogP contribution in [-0.2, 0) is 0 Å². The van der Waals surface area contributed by atoms with Gasteiger partial charge in [-0.15, -0.1) is 0 Å². The van der Waals surface area contributed by atoms with Crippen LogP contribution in [0, 0.1) is 6.92 Å². The predicted octanol–water partition coefficient (Wildman–Crippen LogP) is 4.94. The number of hydrogen-bond acceptors (Lipinski definition) is 3. The first-order chi connectivity index (χ1) is 11.6. The number of rotatable bonds is 2. The van der Waals surface area contributed by atoms with E-state index in [1.807, 2.05) is 43.3 Å². The van der Waals surface area contributed by atoms with Gasteiger partial charge >= 0.3 is 0 Å². The molecule has 0 aliphatic carbocycles. The number of carbonyl (C=O) groups excluding carboxylic acids is 1. The Kier molecular flexibility index (Phi) is 3.52. The highest BCUT2D eigenvalue weighted by Gasteiger charge is 2.31. The molecule has 3 aromatic rings. The van der Waals surface area contributed by atoms with E-state index in [9.17, 15) is 4.79 Å². The fourth-order valence-corrected chi connectivity index (χ4v) is 3.31. The molecule has 0 atom stereocenters. The summed E-state index contributed by atoms with van der Waals surface area (Å²) in [5, 5.41) is 5.40. The molecule has 1 aliphatic rings. The minimum absolute atomic E-state index is 0.240. The summed E-state index contributed by atoms with van der Waals surface area (Å²) < 4.78 is 1.33. The first kappa shape index (κ1) is 15.1. The van der Waals surface area contributed by atoms with Crippen LogP contribution in [0.3, 0.4) is 0 Å². The van der Waals surface area contributed by atoms with Crippen molar-refractivity contribution >= 4 is 40.6 Å². The molecule has 1 aromatic heterocycles. The van der Waals surface area contributed by atoms with Crippen molar-refractivity contribution in [3.05, 3.63) is 69.8 Å². The van der Waals surface area contributed by atoms with Crippen molar-refractivity contribution in [2.24, 2.45) is 4.99 Å². The van der Waals surface area contributed by atoms with Gasteiger partial charge in [0.25, 0.3) is 5.91 Å². The second-order valence-electron chi connectivity index (χ2n) is 5.45. The number of fused-ring (bicyclic) bond motifs is 1. The van der Waals surface area contributed by atoms with Crippen LogP contribution in [-0.4, -0.2) is 21.4 Å². The summed E-state index contributed by atoms with van der Waals surface area (Å²) in [6.07, 6.45) is 0. The van der Waals surface area contributed by atoms with Crippen LogP contribution in [0.15, 0.2) is 53.5 Å². The SMILES string of the molecule is Cc1nn2c(c1-c1ccc(Cl)cc1Cl)N=C(c1ccccc1)C2=O. The Bertz CT molecular complexity index is 1010. The number of aryl methyl sites for hydroxylation is 1. The average molecular weight is 356 g/mol. The summed E-state index contributed by atoms with van der Waals surface area (Å²) in [6.45, 7) is 1.83. The molecule has 0 amide bonds. The largest absolute Gasteiger partial charge is 0.299 e. The summed E-state index contributed by atoms with van der Waals surface area (Å²) in [6, 6.07) is 14.6. The van der Waals surface area contributed by atoms with E-state index in [-0.39, 0.29) is 5.91 Å². The van der Waals surface area contributed by atoms with Crippen LogP contribution in [0.2, 0.25) is 10.0 Å². The molecule has 24 heavy (non-hydrogen) atoms. The van der Waals surface area contributed by atoms with Crippen LogP contribution < -0.4 is 0 Å². The van der Waals surface area contributed by atoms with E-state index in [1.54, 1.807) is 12.1 Å². The number of hydrogen-bond donors (Lipinski definition) is 0. The Morgan fingerprint density at radius 2 is 1.79 bits per heavy atom. The minimum Gasteiger partial charge on any atom is -0.265 e. The van der Waals surface area contributed by atoms with E-state index >= 15 is 0 Å². The fraction of sp³-hybridized carbons (Fsp3) is 0.0556. The summed E-state index contributed by atoms with van der Waals surface area (Å²) in [5.41, 5.74) is 3.34. The van der Waals surface area contributed by atoms with Gasteiger partial charge < -0.3 is 0 Å². The number of nitrogens with zero attached hydrogens (tertiary/aromatic N) is 3. The summed E-state index contributed by atoms with van der Waals surface area (Å²) >= 11 is 12.3. The van der Waals surface area contributed by atoms with E-state index in [1.165, 1.54) is 4.68 Å². The van der Waals surface area contributed by atoms with E-state index < -0.39 is 0 Å². The quantitative estimate of drug-likeness (QED) is 0.653. The average Bonchev–Trinajstić information content (AvgIpc) is 3.05. The van der Waals surface area contributed by atoms with Crippen LogP contribution in [0.4, 0.5) is 5.82 Å². The lowest BCUT2D eigenvalue weighted by atomic mass is 10.1. The first-order valence-electron chi connectivity index (χ1n) is 7.30. The molecule has 4 rings (SSSR count). The molecule has 0 saturated carbocycles. The second kappa shape index (κ2) is 5.58. The number of aromatic nitrogens is 2. The topological polar surface area (TPSA) is 47.2 Å². The monoisotopic (exact) mass is 355 g/mol. The zero-order valence-corrected chi connectivity index (χ0v) is 14.1. The van der Waals surface area contributed by atoms with Crippen molar-refractivity contribution in [2.45, 2.75) is 6.92 Å². The zero-order chi connectivity index (χ0) is 16.8. The van der Waals surface area contributed by atoms with Gasteiger partial charge in [0.05, 0.1) is 16.3 Å². The lowest BCUT2D eigenvalue weighted by Gasteiger charge is -2.04. The number of carbonyl (C=O) groups is 1. The van der Waals surface area contributed by atoms with E-state index in [4.69, 9.17) is 23.2 Å². The summed E-state index contributed by atoms with van der Waals surface area (Å²) in [5.74, 6) is 0.260. The highest BCUT2D eigenvalue weighted by atomic mass is 35.5. The Morgan fingerprint density at radius 3 is 2.50 bits per heavy atom. The summed E-state index contributed by atoms with van der Waals surface area (Å²) in [4.78, 5) is 17.2. The lowest BCUT2D eigenvalue weighted by Crippen LogP contribution is -2.18. The molecular formula is C18H11Cl2N3O. The standard InChI is InChI=1S/C18H11Cl2N3O/c1-10-15(13-8-7-12(19)9-14(13)20)17-21-16(18(24)23(17)22-10)11-5-3-2-4-6-11/h2-9H,1H3. The van der Waals surface area contributed by atoms with Gasteiger partial charge in [0.1, 0.15) is 5.71 Å². The Balaban J connectivity index is 1.91. The van der Waals surface area contributed by atoms with Gasteiger partial charge in [0, 0.05) is 16.1 Å². The molecule has 0 fully saturated rings. The molecule has 2 aromatic carbocycles. The van der Waals surface area contributed by atoms with Crippen LogP contribution in [0.5, 0.6) is 0 Å². The van der Waals surface area contributed by atoms with Crippen molar-refractivity contribution in [3.8, 4) is 11.1 Å². The maximum atomic E-state index is 12.6. The molecule has 0 spiro atoms. The maximum absolute atomic E-state index is 12.6. The van der Waals surface area contributed by atoms with Gasteiger partial charge in [0.15, 0.2) is 5.82 Å². The van der Waals surface area contributed by atoms with E-state index in [0.717, 1.165) is 16.7 Å². The maximum Gasteiger partial charge on any atom is 0.299 e. The Labute approximate surface area is 148 Å². The molecule has 6 heteroatoms. The Morgan fingerprint density at radius 1 is 1.04 bits per heavy atom. The number of benzene rings is 2. The van der Waals surface area contributed by atoms with Gasteiger partial charge in [-0.05, 0) is 19.1 Å². The smallest absolute Gasteiger partial charge is 0.265 e. The zero-order valence-electron chi connectivity index (χ0n) is 12.6. The predicted molar refractivity (Wildman–Crippen MR) is 95.7 cm³/mol. The number of aliphatic imine (C=N–C) groups is 1.